The molecule has 0 atom stereocenters. The normalized spacial score (nSPS) is 16.4. The Morgan fingerprint density at radius 3 is 2.80 bits per heavy atom. The Bertz CT molecular complexity index is 1110. The van der Waals surface area contributed by atoms with E-state index in [4.69, 9.17) is 4.74 Å². The summed E-state index contributed by atoms with van der Waals surface area (Å²) in [7, 11) is -0.566. The number of rotatable bonds is 8. The summed E-state index contributed by atoms with van der Waals surface area (Å²) in [6.45, 7) is 1.22. The number of hydrogen-bond donors (Lipinski definition) is 0. The highest BCUT2D eigenvalue weighted by molar-refractivity contribution is 8.32. The average Bonchev–Trinajstić information content (AvgIpc) is 3.31. The molecule has 0 aromatic carbocycles. The van der Waals surface area contributed by atoms with Crippen LogP contribution in [0.1, 0.15) is 19.3 Å². The molecule has 0 unspecified atom stereocenters. The third-order valence-corrected chi connectivity index (χ3v) is 6.96. The number of fused-ring (bicyclic) bond motifs is 1. The molecule has 0 radical (unpaired) electrons. The molecule has 1 saturated carbocycles. The number of pyridine rings is 1. The lowest BCUT2D eigenvalue weighted by atomic mass is 9.74. The van der Waals surface area contributed by atoms with Gasteiger partial charge in [-0.05, 0) is 36.5 Å². The maximum Gasteiger partial charge on any atom is 0.142 e. The Morgan fingerprint density at radius 2 is 2.10 bits per heavy atom. The van der Waals surface area contributed by atoms with Gasteiger partial charge in [0, 0.05) is 48.1 Å². The molecular weight excluding hydrogens is 398 g/mol. The van der Waals surface area contributed by atoms with Gasteiger partial charge < -0.3 is 9.30 Å². The van der Waals surface area contributed by atoms with Gasteiger partial charge in [-0.25, -0.2) is 15.0 Å². The summed E-state index contributed by atoms with van der Waals surface area (Å²) in [5, 5.41) is 14.7. The van der Waals surface area contributed by atoms with Gasteiger partial charge in [0.2, 0.25) is 0 Å². The first-order chi connectivity index (χ1) is 14.3. The van der Waals surface area contributed by atoms with E-state index in [0.29, 0.717) is 19.6 Å². The van der Waals surface area contributed by atoms with Gasteiger partial charge in [-0.15, -0.1) is 0 Å². The topological polar surface area (TPSA) is 85.7 Å². The van der Waals surface area contributed by atoms with Crippen molar-refractivity contribution in [1.82, 2.24) is 19.3 Å². The number of ketones is 1. The van der Waals surface area contributed by atoms with Gasteiger partial charge in [-0.1, -0.05) is 0 Å². The van der Waals surface area contributed by atoms with Crippen LogP contribution in [0.15, 0.2) is 36.9 Å². The highest BCUT2D eigenvalue weighted by atomic mass is 32.3. The Kier molecular flexibility index (Phi) is 5.43. The SMILES string of the molecule is CS(C)(C)CCOCn1ccc2c(-c3cnn(C4(CC#N)CC(=O)C4)c3)ccnc21. The van der Waals surface area contributed by atoms with Gasteiger partial charge in [-0.2, -0.15) is 10.4 Å². The molecule has 3 aromatic rings. The van der Waals surface area contributed by atoms with Crippen LogP contribution in [0, 0.1) is 11.3 Å². The number of carbonyl (C=O) groups is 1. The average molecular weight is 426 g/mol. The van der Waals surface area contributed by atoms with E-state index >= 15 is 0 Å². The molecule has 0 bridgehead atoms. The quantitative estimate of drug-likeness (QED) is 0.515. The van der Waals surface area contributed by atoms with Crippen molar-refractivity contribution in [3.63, 3.8) is 0 Å². The molecule has 158 valence electrons. The molecule has 4 rings (SSSR count). The maximum atomic E-state index is 11.6. The summed E-state index contributed by atoms with van der Waals surface area (Å²) in [5.41, 5.74) is 2.36. The number of nitrogens with zero attached hydrogens (tertiary/aromatic N) is 5. The van der Waals surface area contributed by atoms with Crippen molar-refractivity contribution in [2.45, 2.75) is 31.5 Å². The number of nitriles is 1. The highest BCUT2D eigenvalue weighted by Gasteiger charge is 2.45. The van der Waals surface area contributed by atoms with Crippen molar-refractivity contribution in [1.29, 1.82) is 5.26 Å². The predicted octanol–water partition coefficient (Wildman–Crippen LogP) is 3.54. The highest BCUT2D eigenvalue weighted by Crippen LogP contribution is 2.40. The summed E-state index contributed by atoms with van der Waals surface area (Å²) in [6.07, 6.45) is 15.4. The van der Waals surface area contributed by atoms with Crippen LogP contribution in [0.2, 0.25) is 0 Å². The zero-order valence-electron chi connectivity index (χ0n) is 17.7. The summed E-state index contributed by atoms with van der Waals surface area (Å²) in [4.78, 5) is 16.2. The molecule has 0 saturated heterocycles. The van der Waals surface area contributed by atoms with Crippen molar-refractivity contribution in [3.05, 3.63) is 36.9 Å². The van der Waals surface area contributed by atoms with Crippen molar-refractivity contribution < 1.29 is 9.53 Å². The molecule has 8 heteroatoms. The molecular formula is C22H27N5O2S. The van der Waals surface area contributed by atoms with Gasteiger partial charge in [0.25, 0.3) is 0 Å². The molecule has 1 fully saturated rings. The third-order valence-electron chi connectivity index (χ3n) is 5.57. The second-order valence-corrected chi connectivity index (χ2v) is 13.4. The fraction of sp³-hybridized carbons (Fsp3) is 0.455. The van der Waals surface area contributed by atoms with E-state index in [1.165, 1.54) is 0 Å². The van der Waals surface area contributed by atoms with Crippen LogP contribution < -0.4 is 0 Å². The molecule has 1 aliphatic carbocycles. The van der Waals surface area contributed by atoms with Crippen LogP contribution in [0.4, 0.5) is 0 Å². The van der Waals surface area contributed by atoms with Crippen molar-refractivity contribution >= 4 is 26.8 Å². The predicted molar refractivity (Wildman–Crippen MR) is 120 cm³/mol. The fourth-order valence-electron chi connectivity index (χ4n) is 3.84. The molecule has 0 spiro atoms. The van der Waals surface area contributed by atoms with Crippen LogP contribution in [0.25, 0.3) is 22.2 Å². The molecule has 1 aliphatic rings. The summed E-state index contributed by atoms with van der Waals surface area (Å²) >= 11 is 0. The van der Waals surface area contributed by atoms with Gasteiger partial charge in [0.15, 0.2) is 0 Å². The minimum absolute atomic E-state index is 0.179. The second-order valence-electron chi connectivity index (χ2n) is 8.84. The van der Waals surface area contributed by atoms with Crippen molar-refractivity contribution in [3.8, 4) is 17.2 Å². The van der Waals surface area contributed by atoms with Gasteiger partial charge in [-0.3, -0.25) is 9.48 Å². The van der Waals surface area contributed by atoms with E-state index in [9.17, 15) is 10.1 Å². The summed E-state index contributed by atoms with van der Waals surface area (Å²) < 4.78 is 9.70. The van der Waals surface area contributed by atoms with E-state index < -0.39 is 15.6 Å². The smallest absolute Gasteiger partial charge is 0.142 e. The van der Waals surface area contributed by atoms with Crippen molar-refractivity contribution in [2.75, 3.05) is 31.1 Å². The lowest BCUT2D eigenvalue weighted by Crippen LogP contribution is -2.46. The molecule has 0 N–H and O–H groups in total. The standard InChI is InChI=1S/C22H27N5O2S/c1-30(2,3)11-10-29-16-26-9-5-20-19(4-8-24-21(20)26)17-14-25-27(15-17)22(6-7-23)12-18(28)13-22/h4-5,8-9,14-15H,6,10-13,16H2,1-3H3. The molecule has 0 aliphatic heterocycles. The number of ether oxygens (including phenoxy) is 1. The van der Waals surface area contributed by atoms with Crippen LogP contribution in [0.5, 0.6) is 0 Å². The Labute approximate surface area is 178 Å². The summed E-state index contributed by atoms with van der Waals surface area (Å²) in [5.74, 6) is 1.26. The zero-order valence-corrected chi connectivity index (χ0v) is 18.5. The molecule has 0 amide bonds. The molecule has 30 heavy (non-hydrogen) atoms. The van der Waals surface area contributed by atoms with Crippen LogP contribution in [-0.4, -0.2) is 56.2 Å². The minimum Gasteiger partial charge on any atom is -0.360 e. The first-order valence-corrected chi connectivity index (χ1v) is 13.0. The first-order valence-electron chi connectivity index (χ1n) is 9.93. The largest absolute Gasteiger partial charge is 0.360 e. The van der Waals surface area contributed by atoms with E-state index in [-0.39, 0.29) is 12.2 Å². The monoisotopic (exact) mass is 425 g/mol. The Balaban J connectivity index is 1.56. The van der Waals surface area contributed by atoms with Gasteiger partial charge in [0.05, 0.1) is 30.8 Å². The first kappa shape index (κ1) is 20.6. The Morgan fingerprint density at radius 1 is 1.30 bits per heavy atom. The fourth-order valence-corrected chi connectivity index (χ4v) is 4.45. The number of carbonyl (C=O) groups excluding carboxylic acids is 1. The van der Waals surface area contributed by atoms with Gasteiger partial charge in [0.1, 0.15) is 18.2 Å². The minimum atomic E-state index is -0.566. The van der Waals surface area contributed by atoms with E-state index in [1.54, 1.807) is 17.1 Å². The van der Waals surface area contributed by atoms with Gasteiger partial charge >= 0.3 is 0 Å². The number of aromatic nitrogens is 4. The maximum absolute atomic E-state index is 11.6. The van der Waals surface area contributed by atoms with Crippen LogP contribution in [0.3, 0.4) is 0 Å². The van der Waals surface area contributed by atoms with E-state index in [2.05, 4.69) is 34.9 Å². The molecule has 7 nitrogen and oxygen atoms in total. The van der Waals surface area contributed by atoms with E-state index in [1.807, 2.05) is 29.1 Å². The second kappa shape index (κ2) is 7.89. The van der Waals surface area contributed by atoms with Crippen molar-refractivity contribution in [2.24, 2.45) is 0 Å². The lowest BCUT2D eigenvalue weighted by molar-refractivity contribution is -0.131. The molecule has 3 heterocycles. The van der Waals surface area contributed by atoms with E-state index in [0.717, 1.165) is 34.5 Å². The number of Topliss-reactive ketones (excluding diaryl/α,β-unsaturated/α-hetero) is 1. The molecule has 3 aromatic heterocycles. The number of hydrogen-bond acceptors (Lipinski definition) is 5. The van der Waals surface area contributed by atoms with Crippen LogP contribution >= 0.6 is 10.0 Å². The third kappa shape index (κ3) is 4.00. The zero-order chi connectivity index (χ0) is 21.4. The Hall–Kier alpha value is -2.63. The lowest BCUT2D eigenvalue weighted by Gasteiger charge is -2.38. The van der Waals surface area contributed by atoms with Crippen LogP contribution in [-0.2, 0) is 21.8 Å². The summed E-state index contributed by atoms with van der Waals surface area (Å²) in [6, 6.07) is 6.23.